The van der Waals surface area contributed by atoms with E-state index in [-0.39, 0.29) is 0 Å². The standard InChI is InChI=1S/C17H19N5S/c1-10-12(8-19-21-10)15-7-13-16(23-15)9-18-17(20-13)14-6-11-2-4-22(14)5-3-11/h7-9,11,14H,2-6H2,1H3,(H,19,21). The summed E-state index contributed by atoms with van der Waals surface area (Å²) in [5.74, 6) is 1.88. The first-order valence-corrected chi connectivity index (χ1v) is 9.10. The highest BCUT2D eigenvalue weighted by atomic mass is 32.1. The normalized spacial score (nSPS) is 26.9. The summed E-state index contributed by atoms with van der Waals surface area (Å²) in [5, 5.41) is 7.13. The summed E-state index contributed by atoms with van der Waals surface area (Å²) in [4.78, 5) is 13.4. The fourth-order valence-electron chi connectivity index (χ4n) is 3.98. The van der Waals surface area contributed by atoms with Crippen LogP contribution in [-0.4, -0.2) is 38.2 Å². The van der Waals surface area contributed by atoms with Gasteiger partial charge < -0.3 is 0 Å². The highest BCUT2D eigenvalue weighted by molar-refractivity contribution is 7.22. The highest BCUT2D eigenvalue weighted by Gasteiger charge is 2.35. The van der Waals surface area contributed by atoms with E-state index in [1.54, 1.807) is 11.3 Å². The Kier molecular flexibility index (Phi) is 3.03. The number of thiophene rings is 1. The van der Waals surface area contributed by atoms with Crippen molar-refractivity contribution >= 4 is 21.6 Å². The third-order valence-electron chi connectivity index (χ3n) is 5.33. The Labute approximate surface area is 138 Å². The summed E-state index contributed by atoms with van der Waals surface area (Å²) in [7, 11) is 0. The van der Waals surface area contributed by atoms with E-state index in [1.165, 1.54) is 37.2 Å². The van der Waals surface area contributed by atoms with Gasteiger partial charge in [-0.1, -0.05) is 0 Å². The van der Waals surface area contributed by atoms with Crippen molar-refractivity contribution in [1.82, 2.24) is 25.1 Å². The summed E-state index contributed by atoms with van der Waals surface area (Å²) >= 11 is 1.74. The van der Waals surface area contributed by atoms with Crippen LogP contribution in [0.5, 0.6) is 0 Å². The number of piperidine rings is 3. The average Bonchev–Trinajstić information content (AvgIpc) is 3.20. The third-order valence-corrected chi connectivity index (χ3v) is 6.42. The lowest BCUT2D eigenvalue weighted by Crippen LogP contribution is -2.44. The van der Waals surface area contributed by atoms with Crippen molar-refractivity contribution in [2.24, 2.45) is 5.92 Å². The Hall–Kier alpha value is -1.79. The number of aryl methyl sites for hydroxylation is 1. The molecule has 3 aromatic rings. The quantitative estimate of drug-likeness (QED) is 0.783. The SMILES string of the molecule is Cc1[nH]ncc1-c1cc2nc(C3CC4CCN3CC4)ncc2s1. The minimum Gasteiger partial charge on any atom is -0.293 e. The van der Waals surface area contributed by atoms with Crippen LogP contribution in [0.3, 0.4) is 0 Å². The van der Waals surface area contributed by atoms with Gasteiger partial charge in [-0.05, 0) is 51.3 Å². The Bertz CT molecular complexity index is 859. The van der Waals surface area contributed by atoms with Crippen LogP contribution in [-0.2, 0) is 0 Å². The molecule has 23 heavy (non-hydrogen) atoms. The second-order valence-corrected chi connectivity index (χ2v) is 7.81. The number of aromatic nitrogens is 4. The maximum absolute atomic E-state index is 4.90. The van der Waals surface area contributed by atoms with Gasteiger partial charge in [0.1, 0.15) is 5.82 Å². The molecule has 5 nitrogen and oxygen atoms in total. The van der Waals surface area contributed by atoms with E-state index in [9.17, 15) is 0 Å². The average molecular weight is 325 g/mol. The molecule has 3 aliphatic rings. The van der Waals surface area contributed by atoms with E-state index in [0.29, 0.717) is 6.04 Å². The number of rotatable bonds is 2. The summed E-state index contributed by atoms with van der Waals surface area (Å²) in [5.41, 5.74) is 3.33. The van der Waals surface area contributed by atoms with Gasteiger partial charge >= 0.3 is 0 Å². The molecule has 6 heteroatoms. The van der Waals surface area contributed by atoms with E-state index < -0.39 is 0 Å². The molecule has 3 aliphatic heterocycles. The molecular weight excluding hydrogens is 306 g/mol. The fourth-order valence-corrected chi connectivity index (χ4v) is 5.02. The molecule has 1 N–H and O–H groups in total. The first-order chi connectivity index (χ1) is 11.3. The van der Waals surface area contributed by atoms with Crippen LogP contribution in [0.1, 0.15) is 36.8 Å². The van der Waals surface area contributed by atoms with E-state index in [4.69, 9.17) is 9.97 Å². The molecule has 3 saturated heterocycles. The van der Waals surface area contributed by atoms with Gasteiger partial charge in [0.25, 0.3) is 0 Å². The van der Waals surface area contributed by atoms with Gasteiger partial charge in [-0.25, -0.2) is 9.97 Å². The van der Waals surface area contributed by atoms with Crippen molar-refractivity contribution in [2.75, 3.05) is 13.1 Å². The van der Waals surface area contributed by atoms with Gasteiger partial charge in [-0.2, -0.15) is 5.10 Å². The molecule has 1 atom stereocenters. The van der Waals surface area contributed by atoms with Gasteiger partial charge in [0, 0.05) is 22.3 Å². The molecule has 0 saturated carbocycles. The molecule has 0 aliphatic carbocycles. The zero-order valence-corrected chi connectivity index (χ0v) is 13.9. The van der Waals surface area contributed by atoms with E-state index in [1.807, 2.05) is 12.4 Å². The van der Waals surface area contributed by atoms with E-state index >= 15 is 0 Å². The third kappa shape index (κ3) is 2.20. The molecule has 6 heterocycles. The maximum atomic E-state index is 4.90. The molecule has 1 unspecified atom stereocenters. The Morgan fingerprint density at radius 1 is 1.26 bits per heavy atom. The molecule has 118 valence electrons. The zero-order chi connectivity index (χ0) is 15.4. The molecule has 0 spiro atoms. The Morgan fingerprint density at radius 3 is 2.83 bits per heavy atom. The van der Waals surface area contributed by atoms with Crippen LogP contribution < -0.4 is 0 Å². The lowest BCUT2D eigenvalue weighted by atomic mass is 9.83. The fraction of sp³-hybridized carbons (Fsp3) is 0.471. The van der Waals surface area contributed by atoms with Crippen LogP contribution >= 0.6 is 11.3 Å². The van der Waals surface area contributed by atoms with E-state index in [0.717, 1.165) is 33.2 Å². The molecule has 6 rings (SSSR count). The first kappa shape index (κ1) is 13.6. The predicted octanol–water partition coefficient (Wildman–Crippen LogP) is 3.55. The lowest BCUT2D eigenvalue weighted by molar-refractivity contribution is 0.0446. The molecule has 3 aromatic heterocycles. The first-order valence-electron chi connectivity index (χ1n) is 8.29. The largest absolute Gasteiger partial charge is 0.293 e. The molecule has 0 radical (unpaired) electrons. The second kappa shape index (κ2) is 5.11. The van der Waals surface area contributed by atoms with Crippen molar-refractivity contribution < 1.29 is 0 Å². The minimum absolute atomic E-state index is 0.422. The monoisotopic (exact) mass is 325 g/mol. The zero-order valence-electron chi connectivity index (χ0n) is 13.1. The summed E-state index contributed by atoms with van der Waals surface area (Å²) in [6.07, 6.45) is 7.82. The van der Waals surface area contributed by atoms with Gasteiger partial charge in [0.15, 0.2) is 0 Å². The topological polar surface area (TPSA) is 57.7 Å². The molecule has 3 fully saturated rings. The van der Waals surface area contributed by atoms with Crippen molar-refractivity contribution in [3.05, 3.63) is 30.0 Å². The second-order valence-electron chi connectivity index (χ2n) is 6.73. The van der Waals surface area contributed by atoms with Gasteiger partial charge in [-0.3, -0.25) is 10.00 Å². The number of fused-ring (bicyclic) bond motifs is 4. The summed E-state index contributed by atoms with van der Waals surface area (Å²) in [6.45, 7) is 4.47. The highest BCUT2D eigenvalue weighted by Crippen LogP contribution is 2.40. The maximum Gasteiger partial charge on any atom is 0.146 e. The number of nitrogens with zero attached hydrogens (tertiary/aromatic N) is 4. The number of hydrogen-bond acceptors (Lipinski definition) is 5. The molecule has 0 aromatic carbocycles. The summed E-state index contributed by atoms with van der Waals surface area (Å²) in [6, 6.07) is 2.60. The van der Waals surface area contributed by atoms with Crippen LogP contribution in [0.15, 0.2) is 18.5 Å². The Balaban J connectivity index is 1.54. The number of H-pyrrole nitrogens is 1. The minimum atomic E-state index is 0.422. The predicted molar refractivity (Wildman–Crippen MR) is 91.4 cm³/mol. The Morgan fingerprint density at radius 2 is 2.13 bits per heavy atom. The van der Waals surface area contributed by atoms with Crippen molar-refractivity contribution in [2.45, 2.75) is 32.2 Å². The lowest BCUT2D eigenvalue weighted by Gasteiger charge is -2.44. The molecular formula is C17H19N5S. The van der Waals surface area contributed by atoms with E-state index in [2.05, 4.69) is 28.1 Å². The van der Waals surface area contributed by atoms with Gasteiger partial charge in [-0.15, -0.1) is 11.3 Å². The number of aromatic amines is 1. The van der Waals surface area contributed by atoms with Gasteiger partial charge in [0.2, 0.25) is 0 Å². The van der Waals surface area contributed by atoms with Crippen LogP contribution in [0.2, 0.25) is 0 Å². The summed E-state index contributed by atoms with van der Waals surface area (Å²) < 4.78 is 1.15. The smallest absolute Gasteiger partial charge is 0.146 e. The number of hydrogen-bond donors (Lipinski definition) is 1. The van der Waals surface area contributed by atoms with Crippen molar-refractivity contribution in [3.63, 3.8) is 0 Å². The number of nitrogens with one attached hydrogen (secondary N) is 1. The van der Waals surface area contributed by atoms with Gasteiger partial charge in [0.05, 0.1) is 22.5 Å². The van der Waals surface area contributed by atoms with Crippen LogP contribution in [0.25, 0.3) is 20.7 Å². The van der Waals surface area contributed by atoms with Crippen molar-refractivity contribution in [1.29, 1.82) is 0 Å². The van der Waals surface area contributed by atoms with Crippen molar-refractivity contribution in [3.8, 4) is 10.4 Å². The van der Waals surface area contributed by atoms with Crippen LogP contribution in [0.4, 0.5) is 0 Å². The molecule has 0 amide bonds. The molecule has 2 bridgehead atoms. The van der Waals surface area contributed by atoms with Crippen LogP contribution in [0, 0.1) is 12.8 Å².